The first-order valence-corrected chi connectivity index (χ1v) is 10.3. The smallest absolute Gasteiger partial charge is 0.259 e. The molecule has 1 aliphatic rings. The van der Waals surface area contributed by atoms with Crippen molar-refractivity contribution in [3.8, 4) is 0 Å². The normalized spacial score (nSPS) is 14.1. The summed E-state index contributed by atoms with van der Waals surface area (Å²) in [6.45, 7) is 5.58. The molecule has 0 saturated heterocycles. The van der Waals surface area contributed by atoms with Crippen LogP contribution in [0.4, 0.5) is 11.6 Å². The molecule has 1 aromatic heterocycles. The molecule has 29 heavy (non-hydrogen) atoms. The predicted molar refractivity (Wildman–Crippen MR) is 118 cm³/mol. The maximum absolute atomic E-state index is 13.0. The van der Waals surface area contributed by atoms with Gasteiger partial charge in [-0.25, -0.2) is 4.98 Å². The van der Waals surface area contributed by atoms with Gasteiger partial charge in [0, 0.05) is 22.8 Å². The van der Waals surface area contributed by atoms with Crippen molar-refractivity contribution in [1.82, 2.24) is 14.5 Å². The number of anilines is 2. The largest absolute Gasteiger partial charge is 0.297 e. The highest BCUT2D eigenvalue weighted by Crippen LogP contribution is 2.34. The summed E-state index contributed by atoms with van der Waals surface area (Å²) < 4.78 is 1.72. The van der Waals surface area contributed by atoms with Crippen molar-refractivity contribution in [3.63, 3.8) is 0 Å². The van der Waals surface area contributed by atoms with E-state index in [1.54, 1.807) is 16.7 Å². The molecule has 0 radical (unpaired) electrons. The standard InChI is InChI=1S/C22H22Cl2N4O/c1-15-16(2)25-22-27(20-9-8-18(23)12-19(20)24)13-26(14-28(22)21(15)29)11-10-17-6-4-3-5-7-17/h3-9,12H,10-11,13-14H2,1-2H3. The van der Waals surface area contributed by atoms with Crippen molar-refractivity contribution in [2.45, 2.75) is 26.9 Å². The van der Waals surface area contributed by atoms with Gasteiger partial charge in [0.25, 0.3) is 5.56 Å². The fourth-order valence-corrected chi connectivity index (χ4v) is 4.05. The number of aryl methyl sites for hydroxylation is 1. The van der Waals surface area contributed by atoms with E-state index in [0.717, 1.165) is 24.3 Å². The molecular formula is C22H22Cl2N4O. The van der Waals surface area contributed by atoms with Crippen LogP contribution >= 0.6 is 23.2 Å². The number of hydrogen-bond acceptors (Lipinski definition) is 4. The molecule has 5 nitrogen and oxygen atoms in total. The van der Waals surface area contributed by atoms with Crippen LogP contribution in [0.3, 0.4) is 0 Å². The van der Waals surface area contributed by atoms with Gasteiger partial charge in [-0.15, -0.1) is 0 Å². The second kappa shape index (κ2) is 8.19. The molecule has 0 bridgehead atoms. The summed E-state index contributed by atoms with van der Waals surface area (Å²) >= 11 is 12.6. The monoisotopic (exact) mass is 428 g/mol. The zero-order chi connectivity index (χ0) is 20.5. The maximum atomic E-state index is 13.0. The van der Waals surface area contributed by atoms with Crippen molar-refractivity contribution in [3.05, 3.63) is 85.8 Å². The Balaban J connectivity index is 1.72. The van der Waals surface area contributed by atoms with E-state index < -0.39 is 0 Å². The van der Waals surface area contributed by atoms with Crippen LogP contribution in [0.1, 0.15) is 16.8 Å². The number of nitrogens with zero attached hydrogens (tertiary/aromatic N) is 4. The lowest BCUT2D eigenvalue weighted by molar-refractivity contribution is 0.200. The van der Waals surface area contributed by atoms with Gasteiger partial charge in [-0.2, -0.15) is 0 Å². The van der Waals surface area contributed by atoms with Crippen LogP contribution in [-0.2, 0) is 13.1 Å². The Morgan fingerprint density at radius 1 is 1.03 bits per heavy atom. The number of halogens is 2. The van der Waals surface area contributed by atoms with Crippen LogP contribution in [-0.4, -0.2) is 27.7 Å². The van der Waals surface area contributed by atoms with E-state index in [9.17, 15) is 4.79 Å². The minimum absolute atomic E-state index is 0.0213. The third-order valence-corrected chi connectivity index (χ3v) is 5.84. The van der Waals surface area contributed by atoms with E-state index in [4.69, 9.17) is 28.2 Å². The number of benzene rings is 2. The minimum atomic E-state index is -0.0213. The van der Waals surface area contributed by atoms with Crippen molar-refractivity contribution >= 4 is 34.8 Å². The van der Waals surface area contributed by atoms with Crippen molar-refractivity contribution in [1.29, 1.82) is 0 Å². The van der Waals surface area contributed by atoms with Crippen molar-refractivity contribution < 1.29 is 0 Å². The Morgan fingerprint density at radius 3 is 2.52 bits per heavy atom. The lowest BCUT2D eigenvalue weighted by Crippen LogP contribution is -2.48. The van der Waals surface area contributed by atoms with Gasteiger partial charge in [0.15, 0.2) is 0 Å². The van der Waals surface area contributed by atoms with Gasteiger partial charge in [0.2, 0.25) is 5.95 Å². The maximum Gasteiger partial charge on any atom is 0.259 e. The molecule has 0 aliphatic carbocycles. The molecule has 0 fully saturated rings. The zero-order valence-electron chi connectivity index (χ0n) is 16.4. The molecule has 7 heteroatoms. The topological polar surface area (TPSA) is 41.4 Å². The van der Waals surface area contributed by atoms with Gasteiger partial charge >= 0.3 is 0 Å². The number of hydrogen-bond donors (Lipinski definition) is 0. The highest BCUT2D eigenvalue weighted by Gasteiger charge is 2.28. The predicted octanol–water partition coefficient (Wildman–Crippen LogP) is 4.78. The molecule has 3 aromatic rings. The molecule has 4 rings (SSSR count). The van der Waals surface area contributed by atoms with E-state index in [-0.39, 0.29) is 5.56 Å². The lowest BCUT2D eigenvalue weighted by atomic mass is 10.1. The van der Waals surface area contributed by atoms with Crippen LogP contribution in [0.25, 0.3) is 0 Å². The number of rotatable bonds is 4. The summed E-state index contributed by atoms with van der Waals surface area (Å²) in [6, 6.07) is 15.7. The number of fused-ring (bicyclic) bond motifs is 1. The van der Waals surface area contributed by atoms with Gasteiger partial charge in [-0.1, -0.05) is 53.5 Å². The minimum Gasteiger partial charge on any atom is -0.297 e. The van der Waals surface area contributed by atoms with Gasteiger partial charge in [0.1, 0.15) is 0 Å². The summed E-state index contributed by atoms with van der Waals surface area (Å²) in [4.78, 5) is 21.9. The second-order valence-electron chi connectivity index (χ2n) is 7.29. The Kier molecular flexibility index (Phi) is 5.63. The van der Waals surface area contributed by atoms with Crippen LogP contribution in [0, 0.1) is 13.8 Å². The van der Waals surface area contributed by atoms with E-state index in [0.29, 0.717) is 34.9 Å². The third-order valence-electron chi connectivity index (χ3n) is 5.30. The molecular weight excluding hydrogens is 407 g/mol. The highest BCUT2D eigenvalue weighted by molar-refractivity contribution is 6.36. The average Bonchev–Trinajstić information content (AvgIpc) is 2.71. The first-order chi connectivity index (χ1) is 13.9. The fraction of sp³-hybridized carbons (Fsp3) is 0.273. The van der Waals surface area contributed by atoms with Crippen molar-refractivity contribution in [2.75, 3.05) is 18.1 Å². The molecule has 0 spiro atoms. The molecule has 0 atom stereocenters. The van der Waals surface area contributed by atoms with Gasteiger partial charge in [-0.05, 0) is 44.0 Å². The second-order valence-corrected chi connectivity index (χ2v) is 8.14. The third kappa shape index (κ3) is 4.04. The van der Waals surface area contributed by atoms with E-state index in [2.05, 4.69) is 17.0 Å². The Morgan fingerprint density at radius 2 is 1.79 bits per heavy atom. The van der Waals surface area contributed by atoms with Crippen LogP contribution in [0.15, 0.2) is 53.3 Å². The van der Waals surface area contributed by atoms with E-state index in [1.807, 2.05) is 43.0 Å². The van der Waals surface area contributed by atoms with Gasteiger partial charge < -0.3 is 0 Å². The zero-order valence-corrected chi connectivity index (χ0v) is 17.9. The summed E-state index contributed by atoms with van der Waals surface area (Å²) in [5.74, 6) is 0.610. The molecule has 2 aromatic carbocycles. The average molecular weight is 429 g/mol. The summed E-state index contributed by atoms with van der Waals surface area (Å²) in [5, 5.41) is 1.10. The van der Waals surface area contributed by atoms with Crippen molar-refractivity contribution in [2.24, 2.45) is 0 Å². The lowest BCUT2D eigenvalue weighted by Gasteiger charge is -2.38. The molecule has 2 heterocycles. The quantitative estimate of drug-likeness (QED) is 0.599. The number of aromatic nitrogens is 2. The molecule has 0 saturated carbocycles. The first-order valence-electron chi connectivity index (χ1n) is 9.51. The van der Waals surface area contributed by atoms with Gasteiger partial charge in [-0.3, -0.25) is 19.2 Å². The molecule has 150 valence electrons. The highest BCUT2D eigenvalue weighted by atomic mass is 35.5. The molecule has 0 unspecified atom stereocenters. The molecule has 1 aliphatic heterocycles. The molecule has 0 amide bonds. The van der Waals surface area contributed by atoms with E-state index in [1.165, 1.54) is 5.56 Å². The van der Waals surface area contributed by atoms with E-state index >= 15 is 0 Å². The van der Waals surface area contributed by atoms with Crippen LogP contribution in [0.2, 0.25) is 10.0 Å². The Labute approximate surface area is 180 Å². The first kappa shape index (κ1) is 20.0. The van der Waals surface area contributed by atoms with Gasteiger partial charge in [0.05, 0.1) is 24.0 Å². The Bertz CT molecular complexity index is 1100. The van der Waals surface area contributed by atoms with Crippen LogP contribution in [0.5, 0.6) is 0 Å². The van der Waals surface area contributed by atoms with Crippen LogP contribution < -0.4 is 10.5 Å². The summed E-state index contributed by atoms with van der Waals surface area (Å²) in [7, 11) is 0. The Hall–Kier alpha value is -2.34. The SMILES string of the molecule is Cc1nc2n(c(=O)c1C)CN(CCc1ccccc1)CN2c1ccc(Cl)cc1Cl. The summed E-state index contributed by atoms with van der Waals surface area (Å²) in [6.07, 6.45) is 0.894. The fourth-order valence-electron chi connectivity index (χ4n) is 3.54. The summed E-state index contributed by atoms with van der Waals surface area (Å²) in [5.41, 5.74) is 3.42. The molecule has 0 N–H and O–H groups in total.